The van der Waals surface area contributed by atoms with Crippen LogP contribution in [0, 0.1) is 25.2 Å². The topological polar surface area (TPSA) is 46.4 Å². The molecule has 0 aliphatic heterocycles. The van der Waals surface area contributed by atoms with Crippen LogP contribution < -0.4 is 5.32 Å². The Labute approximate surface area is 168 Å². The molecule has 0 bridgehead atoms. The number of carbonyl (C=O) groups excluding carboxylic acids is 1. The molecule has 1 aromatic carbocycles. The van der Waals surface area contributed by atoms with Crippen molar-refractivity contribution >= 4 is 17.4 Å². The molecule has 0 spiro atoms. The van der Waals surface area contributed by atoms with Crippen LogP contribution in [0.5, 0.6) is 0 Å². The number of imidazole rings is 1. The van der Waals surface area contributed by atoms with Crippen molar-refractivity contribution in [3.8, 4) is 11.3 Å². The van der Waals surface area contributed by atoms with Gasteiger partial charge >= 0.3 is 0 Å². The third-order valence-corrected chi connectivity index (χ3v) is 4.86. The minimum atomic E-state index is 0.0347. The van der Waals surface area contributed by atoms with E-state index in [4.69, 9.17) is 4.98 Å². The number of benzene rings is 1. The van der Waals surface area contributed by atoms with Crippen LogP contribution >= 0.6 is 0 Å². The largest absolute Gasteiger partial charge is 0.310 e. The molecule has 0 radical (unpaired) electrons. The van der Waals surface area contributed by atoms with E-state index in [2.05, 4.69) is 64.2 Å². The number of amides is 1. The number of fused-ring (bicyclic) bond motifs is 1. The lowest BCUT2D eigenvalue weighted by molar-refractivity contribution is -0.117. The van der Waals surface area contributed by atoms with E-state index < -0.39 is 0 Å². The van der Waals surface area contributed by atoms with Crippen molar-refractivity contribution in [2.75, 3.05) is 5.32 Å². The molecular formula is C24H31N3O. The first-order valence-corrected chi connectivity index (χ1v) is 9.98. The van der Waals surface area contributed by atoms with Crippen molar-refractivity contribution in [3.05, 3.63) is 53.7 Å². The molecule has 2 heterocycles. The number of nitrogens with one attached hydrogen (secondary N) is 1. The standard InChI is InChI=1S/C24H31N3O/c1-16-7-9-19(10-8-16)22-23(27-12-11-17(2)13-20(27)25-22)26-21(28)14-18(3)15-24(4,5)6/h7-13,18H,14-15H2,1-6H3,(H,26,28)/t18-/m1/s1. The van der Waals surface area contributed by atoms with Crippen molar-refractivity contribution < 1.29 is 4.79 Å². The van der Waals surface area contributed by atoms with Crippen LogP contribution in [0.2, 0.25) is 0 Å². The van der Waals surface area contributed by atoms with Gasteiger partial charge < -0.3 is 5.32 Å². The van der Waals surface area contributed by atoms with Crippen molar-refractivity contribution in [3.63, 3.8) is 0 Å². The quantitative estimate of drug-likeness (QED) is 0.591. The van der Waals surface area contributed by atoms with Crippen LogP contribution in [0.25, 0.3) is 16.9 Å². The van der Waals surface area contributed by atoms with E-state index in [0.29, 0.717) is 12.3 Å². The zero-order valence-corrected chi connectivity index (χ0v) is 17.8. The number of aromatic nitrogens is 2. The number of pyridine rings is 1. The lowest BCUT2D eigenvalue weighted by Gasteiger charge is -2.22. The average molecular weight is 378 g/mol. The molecule has 1 amide bonds. The summed E-state index contributed by atoms with van der Waals surface area (Å²) >= 11 is 0. The predicted molar refractivity (Wildman–Crippen MR) is 117 cm³/mol. The second-order valence-corrected chi connectivity index (χ2v) is 9.23. The van der Waals surface area contributed by atoms with Gasteiger partial charge in [0.2, 0.25) is 5.91 Å². The Morgan fingerprint density at radius 1 is 1.11 bits per heavy atom. The summed E-state index contributed by atoms with van der Waals surface area (Å²) in [5, 5.41) is 3.14. The Balaban J connectivity index is 1.93. The maximum Gasteiger partial charge on any atom is 0.225 e. The summed E-state index contributed by atoms with van der Waals surface area (Å²) in [6, 6.07) is 12.3. The third-order valence-electron chi connectivity index (χ3n) is 4.86. The molecule has 0 saturated heterocycles. The van der Waals surface area contributed by atoms with Crippen molar-refractivity contribution in [1.82, 2.24) is 9.38 Å². The maximum absolute atomic E-state index is 12.8. The predicted octanol–water partition coefficient (Wildman–Crippen LogP) is 6.02. The molecule has 0 unspecified atom stereocenters. The molecule has 3 aromatic rings. The summed E-state index contributed by atoms with van der Waals surface area (Å²) in [5.74, 6) is 1.10. The summed E-state index contributed by atoms with van der Waals surface area (Å²) in [7, 11) is 0. The first-order valence-electron chi connectivity index (χ1n) is 9.98. The van der Waals surface area contributed by atoms with E-state index in [0.717, 1.165) is 34.7 Å². The molecule has 0 saturated carbocycles. The normalized spacial score (nSPS) is 12.9. The average Bonchev–Trinajstić information content (AvgIpc) is 2.91. The van der Waals surface area contributed by atoms with Gasteiger partial charge in [-0.25, -0.2) is 4.98 Å². The number of anilines is 1. The Bertz CT molecular complexity index is 977. The van der Waals surface area contributed by atoms with Crippen molar-refractivity contribution in [2.24, 2.45) is 11.3 Å². The van der Waals surface area contributed by atoms with Crippen LogP contribution in [0.3, 0.4) is 0 Å². The molecule has 28 heavy (non-hydrogen) atoms. The Kier molecular flexibility index (Phi) is 5.59. The van der Waals surface area contributed by atoms with Crippen LogP contribution in [0.1, 0.15) is 51.7 Å². The maximum atomic E-state index is 12.8. The van der Waals surface area contributed by atoms with Gasteiger partial charge in [-0.1, -0.05) is 57.5 Å². The van der Waals surface area contributed by atoms with Gasteiger partial charge in [-0.3, -0.25) is 9.20 Å². The summed E-state index contributed by atoms with van der Waals surface area (Å²) in [6.07, 6.45) is 3.49. The highest BCUT2D eigenvalue weighted by molar-refractivity contribution is 5.94. The molecule has 0 fully saturated rings. The van der Waals surface area contributed by atoms with Crippen molar-refractivity contribution in [1.29, 1.82) is 0 Å². The zero-order valence-electron chi connectivity index (χ0n) is 17.8. The summed E-state index contributed by atoms with van der Waals surface area (Å²) in [6.45, 7) is 12.9. The van der Waals surface area contributed by atoms with E-state index in [1.807, 2.05) is 29.7 Å². The highest BCUT2D eigenvalue weighted by atomic mass is 16.1. The minimum absolute atomic E-state index is 0.0347. The van der Waals surface area contributed by atoms with E-state index in [-0.39, 0.29) is 11.3 Å². The lowest BCUT2D eigenvalue weighted by Crippen LogP contribution is -2.19. The van der Waals surface area contributed by atoms with E-state index >= 15 is 0 Å². The van der Waals surface area contributed by atoms with Gasteiger partial charge in [0.15, 0.2) is 0 Å². The SMILES string of the molecule is Cc1ccc(-c2nc3cc(C)ccn3c2NC(=O)C[C@@H](C)CC(C)(C)C)cc1. The highest BCUT2D eigenvalue weighted by Crippen LogP contribution is 2.31. The summed E-state index contributed by atoms with van der Waals surface area (Å²) < 4.78 is 1.97. The molecule has 2 aromatic heterocycles. The third kappa shape index (κ3) is 4.80. The number of carbonyl (C=O) groups is 1. The number of rotatable bonds is 5. The zero-order chi connectivity index (χ0) is 20.5. The first-order chi connectivity index (χ1) is 13.1. The van der Waals surface area contributed by atoms with Crippen LogP contribution in [0.4, 0.5) is 5.82 Å². The second kappa shape index (κ2) is 7.78. The highest BCUT2D eigenvalue weighted by Gasteiger charge is 2.20. The molecule has 1 atom stereocenters. The van der Waals surface area contributed by atoms with Gasteiger partial charge in [-0.15, -0.1) is 0 Å². The van der Waals surface area contributed by atoms with Gasteiger partial charge in [-0.2, -0.15) is 0 Å². The van der Waals surface area contributed by atoms with Gasteiger partial charge in [0.25, 0.3) is 0 Å². The van der Waals surface area contributed by atoms with E-state index in [1.165, 1.54) is 5.56 Å². The van der Waals surface area contributed by atoms with E-state index in [9.17, 15) is 4.79 Å². The molecule has 3 rings (SSSR count). The second-order valence-electron chi connectivity index (χ2n) is 9.23. The van der Waals surface area contributed by atoms with Gasteiger partial charge in [0, 0.05) is 18.2 Å². The fourth-order valence-corrected chi connectivity index (χ4v) is 3.80. The fraction of sp³-hybridized carbons (Fsp3) is 0.417. The van der Waals surface area contributed by atoms with Crippen LogP contribution in [-0.4, -0.2) is 15.3 Å². The monoisotopic (exact) mass is 377 g/mol. The molecular weight excluding hydrogens is 346 g/mol. The lowest BCUT2D eigenvalue weighted by atomic mass is 9.84. The van der Waals surface area contributed by atoms with Crippen molar-refractivity contribution in [2.45, 2.75) is 54.4 Å². The Morgan fingerprint density at radius 3 is 2.43 bits per heavy atom. The summed E-state index contributed by atoms with van der Waals surface area (Å²) in [5.41, 5.74) is 5.21. The van der Waals surface area contributed by atoms with Gasteiger partial charge in [0.05, 0.1) is 0 Å². The molecule has 148 valence electrons. The Hall–Kier alpha value is -2.62. The molecule has 0 aliphatic rings. The number of aryl methyl sites for hydroxylation is 2. The molecule has 4 heteroatoms. The number of hydrogen-bond acceptors (Lipinski definition) is 2. The molecule has 1 N–H and O–H groups in total. The number of hydrogen-bond donors (Lipinski definition) is 1. The fourth-order valence-electron chi connectivity index (χ4n) is 3.80. The van der Waals surface area contributed by atoms with Gasteiger partial charge in [-0.05, 0) is 49.3 Å². The van der Waals surface area contributed by atoms with Gasteiger partial charge in [0.1, 0.15) is 17.2 Å². The van der Waals surface area contributed by atoms with E-state index in [1.54, 1.807) is 0 Å². The van der Waals surface area contributed by atoms with Crippen LogP contribution in [0.15, 0.2) is 42.6 Å². The Morgan fingerprint density at radius 2 is 1.79 bits per heavy atom. The molecule has 0 aliphatic carbocycles. The first kappa shape index (κ1) is 20.1. The van der Waals surface area contributed by atoms with Crippen LogP contribution in [-0.2, 0) is 4.79 Å². The molecule has 4 nitrogen and oxygen atoms in total. The summed E-state index contributed by atoms with van der Waals surface area (Å²) in [4.78, 5) is 17.6. The smallest absolute Gasteiger partial charge is 0.225 e. The minimum Gasteiger partial charge on any atom is -0.310 e. The number of nitrogens with zero attached hydrogens (tertiary/aromatic N) is 2.